The van der Waals surface area contributed by atoms with E-state index in [0.717, 1.165) is 12.1 Å². The Balaban J connectivity index is 1.04. The number of aromatic amines is 1. The van der Waals surface area contributed by atoms with Crippen molar-refractivity contribution in [2.75, 3.05) is 56.7 Å². The van der Waals surface area contributed by atoms with Crippen LogP contribution < -0.4 is 20.3 Å². The Morgan fingerprint density at radius 3 is 2.28 bits per heavy atom. The molecular formula is C45H52F4N8O7. The Morgan fingerprint density at radius 2 is 1.64 bits per heavy atom. The predicted octanol–water partition coefficient (Wildman–Crippen LogP) is 7.33. The maximum atomic E-state index is 15.7. The van der Waals surface area contributed by atoms with E-state index >= 15 is 4.39 Å². The second kappa shape index (κ2) is 18.8. The topological polar surface area (TPSA) is 171 Å². The summed E-state index contributed by atoms with van der Waals surface area (Å²) in [5.41, 5.74) is 0.156. The van der Waals surface area contributed by atoms with Crippen molar-refractivity contribution >= 4 is 35.3 Å². The number of nitrogens with zero attached hydrogens (tertiary/aromatic N) is 5. The minimum Gasteiger partial charge on any atom is -0.453 e. The summed E-state index contributed by atoms with van der Waals surface area (Å²) in [4.78, 5) is 70.1. The Kier molecular flexibility index (Phi) is 13.5. The number of carbonyl (C=O) groups excluding carboxylic acids is 4. The SMILES string of the molecule is COC(=O)N[C@H](C(=O)N1CCC[C@H]1c1ncc(-c2ccc(-c3cc(F)c(NC(=O)c4ccc(N5CCN(C(=O)C(C)(C)C)C[C@H]5C)nc4)cc3OC(F)(F)F)cc2)[nH]1)C1CCOCC1. The molecule has 4 amide bonds. The number of hydrogen-bond donors (Lipinski definition) is 3. The molecule has 0 aliphatic carbocycles. The standard InChI is InChI=1S/C45H52F4N8O7/c1-26-25-55(42(60)44(2,3)4)17-18-56(26)37-13-12-30(23-50-37)40(58)53-33-22-36(64-45(47,48)49)31(21-32(33)46)27-8-10-28(11-9-27)34-24-51-39(52-34)35-7-6-16-57(35)41(59)38(54-43(61)62-5)29-14-19-63-20-15-29/h8-13,21-24,26,29,35,38H,6-7,14-20,25H2,1-5H3,(H,51,52)(H,53,58)(H,54,61)/t26-,35+,38+/m1/s1. The zero-order valence-electron chi connectivity index (χ0n) is 36.3. The van der Waals surface area contributed by atoms with Gasteiger partial charge in [0.15, 0.2) is 0 Å². The molecular weight excluding hydrogens is 841 g/mol. The fraction of sp³-hybridized carbons (Fsp3) is 0.467. The predicted molar refractivity (Wildman–Crippen MR) is 228 cm³/mol. The van der Waals surface area contributed by atoms with Gasteiger partial charge in [-0.3, -0.25) is 14.4 Å². The summed E-state index contributed by atoms with van der Waals surface area (Å²) in [6.07, 6.45) is -0.400. The Labute approximate surface area is 367 Å². The first-order valence-electron chi connectivity index (χ1n) is 21.2. The molecule has 2 aromatic heterocycles. The molecule has 3 N–H and O–H groups in total. The number of alkyl carbamates (subject to hydrolysis) is 1. The number of amides is 4. The minimum atomic E-state index is -5.14. The van der Waals surface area contributed by atoms with Crippen LogP contribution in [0.2, 0.25) is 0 Å². The molecule has 5 heterocycles. The lowest BCUT2D eigenvalue weighted by Crippen LogP contribution is -2.56. The van der Waals surface area contributed by atoms with Gasteiger partial charge in [-0.1, -0.05) is 45.0 Å². The molecule has 0 spiro atoms. The van der Waals surface area contributed by atoms with Crippen molar-refractivity contribution in [1.29, 1.82) is 0 Å². The van der Waals surface area contributed by atoms with Crippen molar-refractivity contribution in [1.82, 2.24) is 30.1 Å². The van der Waals surface area contributed by atoms with Gasteiger partial charge in [0.1, 0.15) is 29.3 Å². The number of rotatable bonds is 10. The second-order valence-corrected chi connectivity index (χ2v) is 17.3. The van der Waals surface area contributed by atoms with Gasteiger partial charge in [0.05, 0.1) is 36.3 Å². The third-order valence-electron chi connectivity index (χ3n) is 11.8. The number of halogens is 4. The molecule has 0 unspecified atom stereocenters. The Morgan fingerprint density at radius 1 is 0.922 bits per heavy atom. The number of hydrogen-bond acceptors (Lipinski definition) is 10. The first-order valence-corrected chi connectivity index (χ1v) is 21.2. The van der Waals surface area contributed by atoms with Crippen molar-refractivity contribution in [2.45, 2.75) is 77.9 Å². The van der Waals surface area contributed by atoms with Gasteiger partial charge in [0.25, 0.3) is 5.91 Å². The second-order valence-electron chi connectivity index (χ2n) is 17.3. The number of benzene rings is 2. The molecule has 7 rings (SSSR count). The number of piperazine rings is 1. The third-order valence-corrected chi connectivity index (χ3v) is 11.8. The van der Waals surface area contributed by atoms with E-state index in [-0.39, 0.29) is 40.5 Å². The van der Waals surface area contributed by atoms with Gasteiger partial charge in [-0.25, -0.2) is 19.2 Å². The number of H-pyrrole nitrogens is 1. The number of aromatic nitrogens is 3. The highest BCUT2D eigenvalue weighted by Gasteiger charge is 2.40. The molecule has 15 nitrogen and oxygen atoms in total. The highest BCUT2D eigenvalue weighted by molar-refractivity contribution is 6.04. The molecule has 0 bridgehead atoms. The van der Waals surface area contributed by atoms with E-state index in [1.54, 1.807) is 29.3 Å². The minimum absolute atomic E-state index is 0.0410. The van der Waals surface area contributed by atoms with Crippen LogP contribution in [0.15, 0.2) is 60.9 Å². The van der Waals surface area contributed by atoms with Crippen molar-refractivity contribution in [3.8, 4) is 28.1 Å². The largest absolute Gasteiger partial charge is 0.573 e. The van der Waals surface area contributed by atoms with Gasteiger partial charge in [0, 0.05) is 68.7 Å². The molecule has 3 atom stereocenters. The quantitative estimate of drug-likeness (QED) is 0.137. The van der Waals surface area contributed by atoms with Crippen molar-refractivity contribution in [3.05, 3.63) is 78.1 Å². The number of likely N-dealkylation sites (tertiary alicyclic amines) is 1. The van der Waals surface area contributed by atoms with Gasteiger partial charge < -0.3 is 44.5 Å². The number of imidazole rings is 1. The normalized spacial score (nSPS) is 19.0. The van der Waals surface area contributed by atoms with Crippen molar-refractivity contribution in [3.63, 3.8) is 0 Å². The molecule has 3 saturated heterocycles. The first kappa shape index (κ1) is 45.8. The maximum Gasteiger partial charge on any atom is 0.573 e. The van der Waals surface area contributed by atoms with Crippen LogP contribution in [-0.2, 0) is 19.1 Å². The monoisotopic (exact) mass is 892 g/mol. The third kappa shape index (κ3) is 10.4. The summed E-state index contributed by atoms with van der Waals surface area (Å²) in [6.45, 7) is 10.5. The first-order chi connectivity index (χ1) is 30.4. The highest BCUT2D eigenvalue weighted by Crippen LogP contribution is 2.39. The fourth-order valence-corrected chi connectivity index (χ4v) is 8.52. The summed E-state index contributed by atoms with van der Waals surface area (Å²) in [7, 11) is 1.24. The van der Waals surface area contributed by atoms with Gasteiger partial charge in [-0.2, -0.15) is 0 Å². The van der Waals surface area contributed by atoms with Gasteiger partial charge in [-0.05, 0) is 67.9 Å². The molecule has 2 aromatic carbocycles. The van der Waals surface area contributed by atoms with E-state index in [4.69, 9.17) is 9.47 Å². The Hall–Kier alpha value is -6.24. The molecule has 342 valence electrons. The van der Waals surface area contributed by atoms with Crippen LogP contribution in [0.4, 0.5) is 33.9 Å². The molecule has 3 fully saturated rings. The van der Waals surface area contributed by atoms with E-state index in [0.29, 0.717) is 88.0 Å². The molecule has 4 aromatic rings. The van der Waals surface area contributed by atoms with Gasteiger partial charge >= 0.3 is 12.5 Å². The van der Waals surface area contributed by atoms with Crippen LogP contribution >= 0.6 is 0 Å². The van der Waals surface area contributed by atoms with Crippen LogP contribution in [0.3, 0.4) is 0 Å². The van der Waals surface area contributed by atoms with Crippen LogP contribution in [0.1, 0.15) is 75.6 Å². The van der Waals surface area contributed by atoms with Crippen molar-refractivity contribution in [2.24, 2.45) is 11.3 Å². The molecule has 19 heteroatoms. The highest BCUT2D eigenvalue weighted by atomic mass is 19.4. The lowest BCUT2D eigenvalue weighted by molar-refractivity contribution is -0.274. The van der Waals surface area contributed by atoms with E-state index in [9.17, 15) is 32.3 Å². The summed E-state index contributed by atoms with van der Waals surface area (Å²) in [5.74, 6) is -1.76. The number of nitrogens with one attached hydrogen (secondary N) is 3. The van der Waals surface area contributed by atoms with Crippen LogP contribution in [-0.4, -0.2) is 114 Å². The molecule has 3 aliphatic rings. The number of anilines is 2. The average Bonchev–Trinajstić information content (AvgIpc) is 3.97. The average molecular weight is 893 g/mol. The van der Waals surface area contributed by atoms with Crippen LogP contribution in [0.25, 0.3) is 22.4 Å². The zero-order valence-corrected chi connectivity index (χ0v) is 36.3. The van der Waals surface area contributed by atoms with E-state index in [1.165, 1.54) is 31.5 Å². The van der Waals surface area contributed by atoms with E-state index in [2.05, 4.69) is 30.3 Å². The number of carbonyl (C=O) groups is 4. The number of pyridine rings is 1. The van der Waals surface area contributed by atoms with Crippen molar-refractivity contribution < 1.29 is 51.0 Å². The summed E-state index contributed by atoms with van der Waals surface area (Å²) < 4.78 is 71.5. The van der Waals surface area contributed by atoms with Crippen LogP contribution in [0.5, 0.6) is 5.75 Å². The summed E-state index contributed by atoms with van der Waals surface area (Å²) in [5, 5.41) is 5.07. The number of alkyl halides is 3. The smallest absolute Gasteiger partial charge is 0.453 e. The van der Waals surface area contributed by atoms with Gasteiger partial charge in [0.2, 0.25) is 11.8 Å². The Bertz CT molecular complexity index is 2330. The number of methoxy groups -OCH3 is 1. The fourth-order valence-electron chi connectivity index (χ4n) is 8.52. The summed E-state index contributed by atoms with van der Waals surface area (Å²) in [6, 6.07) is 9.76. The molecule has 64 heavy (non-hydrogen) atoms. The zero-order chi connectivity index (χ0) is 45.9. The lowest BCUT2D eigenvalue weighted by Gasteiger charge is -2.42. The summed E-state index contributed by atoms with van der Waals surface area (Å²) >= 11 is 0. The molecule has 0 radical (unpaired) electrons. The van der Waals surface area contributed by atoms with Crippen LogP contribution in [0, 0.1) is 17.2 Å². The molecule has 3 aliphatic heterocycles. The van der Waals surface area contributed by atoms with E-state index < -0.39 is 53.1 Å². The number of ether oxygens (including phenoxy) is 3. The van der Waals surface area contributed by atoms with E-state index in [1.807, 2.05) is 37.5 Å². The van der Waals surface area contributed by atoms with Gasteiger partial charge in [-0.15, -0.1) is 13.2 Å². The molecule has 0 saturated carbocycles. The lowest BCUT2D eigenvalue weighted by atomic mass is 9.90. The maximum absolute atomic E-state index is 15.7.